The Morgan fingerprint density at radius 2 is 1.60 bits per heavy atom. The SMILES string of the molecule is CCOc1ccc(C2C(=C(O)c3ccc(F)cc3)C(=O)C(=O)N2CCN(CC)CC)cc1OCC. The number of likely N-dealkylation sites (tertiary alicyclic amines) is 1. The largest absolute Gasteiger partial charge is 0.507 e. The van der Waals surface area contributed by atoms with Crippen molar-refractivity contribution < 1.29 is 28.6 Å². The number of nitrogens with zero attached hydrogens (tertiary/aromatic N) is 2. The van der Waals surface area contributed by atoms with E-state index < -0.39 is 23.5 Å². The van der Waals surface area contributed by atoms with Gasteiger partial charge in [0.05, 0.1) is 24.8 Å². The van der Waals surface area contributed by atoms with Crippen molar-refractivity contribution in [3.63, 3.8) is 0 Å². The molecule has 1 amide bonds. The van der Waals surface area contributed by atoms with Crippen LogP contribution >= 0.6 is 0 Å². The number of aliphatic hydroxyl groups excluding tert-OH is 1. The number of hydrogen-bond acceptors (Lipinski definition) is 6. The molecule has 0 saturated carbocycles. The number of likely N-dealkylation sites (N-methyl/N-ethyl adjacent to an activating group) is 1. The molecule has 1 N–H and O–H groups in total. The molecule has 7 nitrogen and oxygen atoms in total. The molecule has 8 heteroatoms. The Morgan fingerprint density at radius 1 is 0.971 bits per heavy atom. The van der Waals surface area contributed by atoms with Gasteiger partial charge in [0.15, 0.2) is 11.5 Å². The smallest absolute Gasteiger partial charge is 0.295 e. The van der Waals surface area contributed by atoms with Crippen LogP contribution in [-0.2, 0) is 9.59 Å². The highest BCUT2D eigenvalue weighted by Crippen LogP contribution is 2.42. The second kappa shape index (κ2) is 11.8. The normalized spacial score (nSPS) is 17.3. The molecule has 1 atom stereocenters. The van der Waals surface area contributed by atoms with E-state index in [1.54, 1.807) is 18.2 Å². The lowest BCUT2D eigenvalue weighted by Gasteiger charge is -2.28. The second-order valence-electron chi connectivity index (χ2n) is 8.10. The van der Waals surface area contributed by atoms with Gasteiger partial charge < -0.3 is 24.4 Å². The van der Waals surface area contributed by atoms with Gasteiger partial charge in [-0.1, -0.05) is 19.9 Å². The van der Waals surface area contributed by atoms with Crippen LogP contribution in [0.4, 0.5) is 4.39 Å². The fourth-order valence-electron chi connectivity index (χ4n) is 4.25. The summed E-state index contributed by atoms with van der Waals surface area (Å²) >= 11 is 0. The minimum atomic E-state index is -0.828. The van der Waals surface area contributed by atoms with Gasteiger partial charge in [-0.15, -0.1) is 0 Å². The summed E-state index contributed by atoms with van der Waals surface area (Å²) in [5.74, 6) is -1.23. The predicted molar refractivity (Wildman–Crippen MR) is 132 cm³/mol. The first-order valence-electron chi connectivity index (χ1n) is 12.0. The summed E-state index contributed by atoms with van der Waals surface area (Å²) in [6.45, 7) is 11.1. The number of ketones is 1. The molecule has 1 saturated heterocycles. The highest BCUT2D eigenvalue weighted by atomic mass is 19.1. The Bertz CT molecular complexity index is 1080. The molecule has 1 aliphatic rings. The summed E-state index contributed by atoms with van der Waals surface area (Å²) in [6.07, 6.45) is 0. The number of aliphatic hydroxyl groups is 1. The Labute approximate surface area is 205 Å². The summed E-state index contributed by atoms with van der Waals surface area (Å²) in [5.41, 5.74) is 0.834. The molecular formula is C27H33FN2O5. The highest BCUT2D eigenvalue weighted by Gasteiger charge is 2.46. The molecule has 0 bridgehead atoms. The lowest BCUT2D eigenvalue weighted by molar-refractivity contribution is -0.140. The lowest BCUT2D eigenvalue weighted by atomic mass is 9.95. The van der Waals surface area contributed by atoms with E-state index in [9.17, 15) is 19.1 Å². The third-order valence-corrected chi connectivity index (χ3v) is 6.09. The zero-order valence-corrected chi connectivity index (χ0v) is 20.7. The van der Waals surface area contributed by atoms with E-state index >= 15 is 0 Å². The monoisotopic (exact) mass is 484 g/mol. The van der Waals surface area contributed by atoms with E-state index in [0.717, 1.165) is 13.1 Å². The number of carbonyl (C=O) groups excluding carboxylic acids is 2. The van der Waals surface area contributed by atoms with E-state index in [4.69, 9.17) is 9.47 Å². The van der Waals surface area contributed by atoms with Crippen molar-refractivity contribution >= 4 is 17.4 Å². The van der Waals surface area contributed by atoms with E-state index in [2.05, 4.69) is 4.90 Å². The number of carbonyl (C=O) groups is 2. The van der Waals surface area contributed by atoms with Crippen molar-refractivity contribution in [2.24, 2.45) is 0 Å². The first-order chi connectivity index (χ1) is 16.9. The Morgan fingerprint density at radius 3 is 2.20 bits per heavy atom. The molecule has 1 unspecified atom stereocenters. The summed E-state index contributed by atoms with van der Waals surface area (Å²) in [7, 11) is 0. The molecule has 1 aliphatic heterocycles. The number of benzene rings is 2. The molecule has 1 heterocycles. The van der Waals surface area contributed by atoms with Gasteiger partial charge in [0.1, 0.15) is 11.6 Å². The van der Waals surface area contributed by atoms with Gasteiger partial charge in [0.25, 0.3) is 11.7 Å². The van der Waals surface area contributed by atoms with Crippen molar-refractivity contribution in [3.05, 3.63) is 65.0 Å². The molecule has 0 aliphatic carbocycles. The van der Waals surface area contributed by atoms with Gasteiger partial charge in [-0.3, -0.25) is 9.59 Å². The Balaban J connectivity index is 2.14. The van der Waals surface area contributed by atoms with Gasteiger partial charge in [-0.2, -0.15) is 0 Å². The average Bonchev–Trinajstić information content (AvgIpc) is 3.11. The van der Waals surface area contributed by atoms with Crippen molar-refractivity contribution in [1.82, 2.24) is 9.80 Å². The van der Waals surface area contributed by atoms with Crippen LogP contribution in [0.5, 0.6) is 11.5 Å². The number of ether oxygens (including phenoxy) is 2. The zero-order chi connectivity index (χ0) is 25.5. The number of Topliss-reactive ketones (excluding diaryl/α,β-unsaturated/α-hetero) is 1. The molecule has 0 aromatic heterocycles. The molecule has 2 aromatic carbocycles. The van der Waals surface area contributed by atoms with E-state index in [1.165, 1.54) is 29.2 Å². The maximum atomic E-state index is 13.5. The highest BCUT2D eigenvalue weighted by molar-refractivity contribution is 6.46. The molecular weight excluding hydrogens is 451 g/mol. The van der Waals surface area contributed by atoms with E-state index in [0.29, 0.717) is 43.4 Å². The molecule has 0 radical (unpaired) electrons. The molecule has 3 rings (SSSR count). The van der Waals surface area contributed by atoms with Crippen LogP contribution in [0.2, 0.25) is 0 Å². The van der Waals surface area contributed by atoms with Crippen LogP contribution < -0.4 is 9.47 Å². The van der Waals surface area contributed by atoms with Crippen molar-refractivity contribution in [3.8, 4) is 11.5 Å². The minimum absolute atomic E-state index is 0.0345. The molecule has 35 heavy (non-hydrogen) atoms. The number of rotatable bonds is 11. The maximum absolute atomic E-state index is 13.5. The first kappa shape index (κ1) is 26.2. The van der Waals surface area contributed by atoms with Crippen molar-refractivity contribution in [1.29, 1.82) is 0 Å². The third kappa shape index (κ3) is 5.65. The van der Waals surface area contributed by atoms with Gasteiger partial charge in [0, 0.05) is 18.7 Å². The quantitative estimate of drug-likeness (QED) is 0.290. The zero-order valence-electron chi connectivity index (χ0n) is 20.7. The molecule has 0 spiro atoms. The van der Waals surface area contributed by atoms with Crippen LogP contribution in [0.25, 0.3) is 5.76 Å². The summed E-state index contributed by atoms with van der Waals surface area (Å²) in [6, 6.07) is 9.59. The first-order valence-corrected chi connectivity index (χ1v) is 12.0. The van der Waals surface area contributed by atoms with Crippen molar-refractivity contribution in [2.75, 3.05) is 39.4 Å². The fraction of sp³-hybridized carbons (Fsp3) is 0.407. The summed E-state index contributed by atoms with van der Waals surface area (Å²) in [5, 5.41) is 11.1. The molecule has 2 aromatic rings. The third-order valence-electron chi connectivity index (χ3n) is 6.09. The Kier molecular flexibility index (Phi) is 8.87. The van der Waals surface area contributed by atoms with Crippen molar-refractivity contribution in [2.45, 2.75) is 33.7 Å². The maximum Gasteiger partial charge on any atom is 0.295 e. The van der Waals surface area contributed by atoms with Crippen LogP contribution in [0.3, 0.4) is 0 Å². The van der Waals surface area contributed by atoms with Crippen LogP contribution in [0, 0.1) is 5.82 Å². The lowest BCUT2D eigenvalue weighted by Crippen LogP contribution is -2.38. The van der Waals surface area contributed by atoms with Gasteiger partial charge in [-0.25, -0.2) is 4.39 Å². The topological polar surface area (TPSA) is 79.3 Å². The molecule has 188 valence electrons. The minimum Gasteiger partial charge on any atom is -0.507 e. The number of hydrogen-bond donors (Lipinski definition) is 1. The van der Waals surface area contributed by atoms with Gasteiger partial charge >= 0.3 is 0 Å². The van der Waals surface area contributed by atoms with Crippen LogP contribution in [0.15, 0.2) is 48.0 Å². The van der Waals surface area contributed by atoms with Crippen LogP contribution in [0.1, 0.15) is 44.9 Å². The summed E-state index contributed by atoms with van der Waals surface area (Å²) < 4.78 is 24.9. The molecule has 1 fully saturated rings. The van der Waals surface area contributed by atoms with Gasteiger partial charge in [0.2, 0.25) is 0 Å². The van der Waals surface area contributed by atoms with Gasteiger partial charge in [-0.05, 0) is 68.9 Å². The fourth-order valence-corrected chi connectivity index (χ4v) is 4.25. The number of halogens is 1. The van der Waals surface area contributed by atoms with Crippen LogP contribution in [-0.4, -0.2) is 66.0 Å². The summed E-state index contributed by atoms with van der Waals surface area (Å²) in [4.78, 5) is 30.0. The Hall–Kier alpha value is -3.39. The average molecular weight is 485 g/mol. The predicted octanol–water partition coefficient (Wildman–Crippen LogP) is 4.39. The number of amides is 1. The van der Waals surface area contributed by atoms with E-state index in [-0.39, 0.29) is 16.9 Å². The standard InChI is InChI=1S/C27H33FN2O5/c1-5-29(6-2)15-16-30-24(19-11-14-21(34-7-3)22(17-19)35-8-4)23(26(32)27(30)33)25(31)18-9-12-20(28)13-10-18/h9-14,17,24,31H,5-8,15-16H2,1-4H3. The van der Waals surface area contributed by atoms with E-state index in [1.807, 2.05) is 27.7 Å². The second-order valence-corrected chi connectivity index (χ2v) is 8.10.